The zero-order chi connectivity index (χ0) is 23.8. The molecule has 1 N–H and O–H groups in total. The molecule has 1 nitrogen and oxygen atoms in total. The van der Waals surface area contributed by atoms with Gasteiger partial charge in [-0.05, 0) is 73.1 Å². The Morgan fingerprint density at radius 1 is 0.697 bits per heavy atom. The van der Waals surface area contributed by atoms with Crippen molar-refractivity contribution < 1.29 is 0 Å². The second kappa shape index (κ2) is 11.5. The molecule has 0 unspecified atom stereocenters. The number of hydrogen-bond acceptors (Lipinski definition) is 1. The first kappa shape index (κ1) is 24.3. The molecule has 0 aromatic heterocycles. The van der Waals surface area contributed by atoms with Crippen molar-refractivity contribution in [2.24, 2.45) is 0 Å². The molecule has 0 aliphatic heterocycles. The van der Waals surface area contributed by atoms with E-state index in [1.54, 1.807) is 0 Å². The molecule has 0 spiro atoms. The predicted octanol–water partition coefficient (Wildman–Crippen LogP) is 8.61. The zero-order valence-electron chi connectivity index (χ0n) is 21.0. The minimum absolute atomic E-state index is 1.03. The molecule has 1 heteroatoms. The third-order valence-electron chi connectivity index (χ3n) is 6.16. The molecule has 0 radical (unpaired) electrons. The van der Waals surface area contributed by atoms with Gasteiger partial charge in [-0.25, -0.2) is 0 Å². The lowest BCUT2D eigenvalue weighted by molar-refractivity contribution is 0.949. The summed E-state index contributed by atoms with van der Waals surface area (Å²) in [6.07, 6.45) is 4.43. The molecular weight excluding hydrogens is 398 g/mol. The van der Waals surface area contributed by atoms with Crippen molar-refractivity contribution in [3.05, 3.63) is 124 Å². The Morgan fingerprint density at radius 2 is 1.18 bits per heavy atom. The minimum atomic E-state index is 1.03. The summed E-state index contributed by atoms with van der Waals surface area (Å²) < 4.78 is 0. The number of likely N-dealkylation sites (N-methyl/N-ethyl adjacent to an activating group) is 1. The fraction of sp³-hybridized carbons (Fsp3) is 0.250. The number of allylic oxidation sites excluding steroid dienone is 4. The van der Waals surface area contributed by atoms with Crippen LogP contribution in [0, 0.1) is 13.8 Å². The molecular formula is C32H37N. The van der Waals surface area contributed by atoms with Crippen molar-refractivity contribution in [2.75, 3.05) is 7.05 Å². The van der Waals surface area contributed by atoms with Crippen LogP contribution in [0.15, 0.2) is 96.2 Å². The summed E-state index contributed by atoms with van der Waals surface area (Å²) in [5, 5.41) is 3.56. The molecule has 0 atom stereocenters. The number of nitrogens with one attached hydrogen (secondary N) is 1. The van der Waals surface area contributed by atoms with E-state index in [0.717, 1.165) is 12.8 Å². The zero-order valence-corrected chi connectivity index (χ0v) is 21.0. The highest BCUT2D eigenvalue weighted by atomic mass is 14.8. The quantitative estimate of drug-likeness (QED) is 0.423. The lowest BCUT2D eigenvalue weighted by Gasteiger charge is -2.26. The largest absolute Gasteiger partial charge is 0.387 e. The third-order valence-corrected chi connectivity index (χ3v) is 6.16. The van der Waals surface area contributed by atoms with Crippen molar-refractivity contribution >= 4 is 16.7 Å². The molecule has 3 aromatic rings. The van der Waals surface area contributed by atoms with Crippen LogP contribution >= 0.6 is 0 Å². The molecule has 1 aliphatic rings. The topological polar surface area (TPSA) is 12.0 Å². The van der Waals surface area contributed by atoms with E-state index in [4.69, 9.17) is 0 Å². The van der Waals surface area contributed by atoms with E-state index < -0.39 is 0 Å². The van der Waals surface area contributed by atoms with E-state index in [1.165, 1.54) is 55.8 Å². The lowest BCUT2D eigenvalue weighted by atomic mass is 9.82. The van der Waals surface area contributed by atoms with E-state index in [2.05, 4.69) is 111 Å². The lowest BCUT2D eigenvalue weighted by Crippen LogP contribution is -2.16. The predicted molar refractivity (Wildman–Crippen MR) is 146 cm³/mol. The van der Waals surface area contributed by atoms with Crippen LogP contribution in [-0.4, -0.2) is 7.05 Å². The van der Waals surface area contributed by atoms with E-state index in [9.17, 15) is 0 Å². The van der Waals surface area contributed by atoms with Gasteiger partial charge in [-0.1, -0.05) is 104 Å². The Kier molecular flexibility index (Phi) is 8.49. The highest BCUT2D eigenvalue weighted by Crippen LogP contribution is 2.40. The van der Waals surface area contributed by atoms with Crippen molar-refractivity contribution in [1.82, 2.24) is 5.32 Å². The van der Waals surface area contributed by atoms with Crippen LogP contribution in [0.3, 0.4) is 0 Å². The Balaban J connectivity index is 0.00000149. The molecule has 3 aromatic carbocycles. The Bertz CT molecular complexity index is 1140. The maximum atomic E-state index is 3.56. The molecule has 170 valence electrons. The van der Waals surface area contributed by atoms with E-state index in [0.29, 0.717) is 0 Å². The summed E-state index contributed by atoms with van der Waals surface area (Å²) in [5.74, 6) is 0. The molecule has 33 heavy (non-hydrogen) atoms. The van der Waals surface area contributed by atoms with Crippen LogP contribution in [0.4, 0.5) is 0 Å². The maximum Gasteiger partial charge on any atom is 0.0453 e. The van der Waals surface area contributed by atoms with Crippen LogP contribution in [0.2, 0.25) is 0 Å². The van der Waals surface area contributed by atoms with Gasteiger partial charge in [0.2, 0.25) is 0 Å². The minimum Gasteiger partial charge on any atom is -0.387 e. The Hall–Kier alpha value is -3.32. The van der Waals surface area contributed by atoms with Crippen LogP contribution < -0.4 is 5.32 Å². The van der Waals surface area contributed by atoms with Gasteiger partial charge in [0.05, 0.1) is 0 Å². The fourth-order valence-electron chi connectivity index (χ4n) is 4.37. The summed E-state index contributed by atoms with van der Waals surface area (Å²) in [7, 11) is 2.05. The summed E-state index contributed by atoms with van der Waals surface area (Å²) in [6.45, 7) is 10.5. The molecule has 0 amide bonds. The molecule has 0 bridgehead atoms. The van der Waals surface area contributed by atoms with Gasteiger partial charge in [0.1, 0.15) is 0 Å². The Labute approximate surface area is 200 Å². The molecule has 0 saturated heterocycles. The van der Waals surface area contributed by atoms with Crippen molar-refractivity contribution in [2.45, 2.75) is 47.5 Å². The van der Waals surface area contributed by atoms with Crippen LogP contribution in [0.1, 0.15) is 61.4 Å². The van der Waals surface area contributed by atoms with Gasteiger partial charge in [-0.2, -0.15) is 0 Å². The number of benzene rings is 3. The standard InChI is InChI=1S/C30H31N.C2H6/c1-21-10-14-25(15-11-21)27-18-19-28(26-16-12-22(2)13-17-26)30(31-4)29(27)20-23(3)24-8-6-5-7-9-24;1-2/h5-17,20,31H,18-19H2,1-4H3;1-2H3/b23-20+;. The number of aryl methyl sites for hydroxylation is 2. The fourth-order valence-corrected chi connectivity index (χ4v) is 4.37. The van der Waals surface area contributed by atoms with Gasteiger partial charge in [-0.15, -0.1) is 0 Å². The normalized spacial score (nSPS) is 14.1. The molecule has 0 fully saturated rings. The molecule has 0 heterocycles. The molecule has 1 aliphatic carbocycles. The summed E-state index contributed by atoms with van der Waals surface area (Å²) >= 11 is 0. The first-order valence-electron chi connectivity index (χ1n) is 12.1. The van der Waals surface area contributed by atoms with Crippen molar-refractivity contribution in [3.8, 4) is 0 Å². The molecule has 4 rings (SSSR count). The first-order valence-corrected chi connectivity index (χ1v) is 12.1. The van der Waals surface area contributed by atoms with Crippen LogP contribution in [0.25, 0.3) is 16.7 Å². The van der Waals surface area contributed by atoms with Gasteiger partial charge < -0.3 is 5.32 Å². The monoisotopic (exact) mass is 435 g/mol. The SMILES string of the molecule is CC.CNC1=C(c2ccc(C)cc2)CCC(c2ccc(C)cc2)=C1/C=C(\C)c1ccccc1. The van der Waals surface area contributed by atoms with E-state index in [-0.39, 0.29) is 0 Å². The average molecular weight is 436 g/mol. The van der Waals surface area contributed by atoms with Gasteiger partial charge in [0.15, 0.2) is 0 Å². The Morgan fingerprint density at radius 3 is 1.70 bits per heavy atom. The second-order valence-electron chi connectivity index (χ2n) is 8.42. The number of rotatable bonds is 5. The smallest absolute Gasteiger partial charge is 0.0453 e. The summed E-state index contributed by atoms with van der Waals surface area (Å²) in [6, 6.07) is 28.5. The van der Waals surface area contributed by atoms with Gasteiger partial charge in [-0.3, -0.25) is 0 Å². The molecule has 0 saturated carbocycles. The second-order valence-corrected chi connectivity index (χ2v) is 8.42. The van der Waals surface area contributed by atoms with Gasteiger partial charge >= 0.3 is 0 Å². The van der Waals surface area contributed by atoms with Crippen molar-refractivity contribution in [1.29, 1.82) is 0 Å². The highest BCUT2D eigenvalue weighted by molar-refractivity contribution is 5.88. The van der Waals surface area contributed by atoms with Crippen LogP contribution in [0.5, 0.6) is 0 Å². The number of hydrogen-bond donors (Lipinski definition) is 1. The van der Waals surface area contributed by atoms with E-state index >= 15 is 0 Å². The first-order chi connectivity index (χ1) is 16.1. The third kappa shape index (κ3) is 5.73. The van der Waals surface area contributed by atoms with Crippen LogP contribution in [-0.2, 0) is 0 Å². The summed E-state index contributed by atoms with van der Waals surface area (Å²) in [5.41, 5.74) is 13.1. The highest BCUT2D eigenvalue weighted by Gasteiger charge is 2.22. The average Bonchev–Trinajstić information content (AvgIpc) is 2.86. The van der Waals surface area contributed by atoms with Gasteiger partial charge in [0.25, 0.3) is 0 Å². The van der Waals surface area contributed by atoms with Crippen molar-refractivity contribution in [3.63, 3.8) is 0 Å². The van der Waals surface area contributed by atoms with E-state index in [1.807, 2.05) is 20.9 Å². The summed E-state index contributed by atoms with van der Waals surface area (Å²) in [4.78, 5) is 0. The van der Waals surface area contributed by atoms with Gasteiger partial charge in [0, 0.05) is 18.3 Å². The maximum absolute atomic E-state index is 3.56.